The number of nitrogens with zero attached hydrogens (tertiary/aromatic N) is 1. The van der Waals surface area contributed by atoms with Gasteiger partial charge in [0.15, 0.2) is 0 Å². The van der Waals surface area contributed by atoms with Crippen molar-refractivity contribution in [2.24, 2.45) is 0 Å². The Hall–Kier alpha value is -1.36. The highest BCUT2D eigenvalue weighted by Crippen LogP contribution is 2.18. The Bertz CT molecular complexity index is 292. The number of carbonyl (C=O) groups excluding carboxylic acids is 1. The minimum absolute atomic E-state index is 0.00639. The summed E-state index contributed by atoms with van der Waals surface area (Å²) >= 11 is 0. The lowest BCUT2D eigenvalue weighted by Gasteiger charge is -2.02. The van der Waals surface area contributed by atoms with Crippen LogP contribution in [0.15, 0.2) is 12.4 Å². The fourth-order valence-electron chi connectivity index (χ4n) is 1.21. The number of aromatic amines is 1. The van der Waals surface area contributed by atoms with Gasteiger partial charge in [-0.05, 0) is 12.8 Å². The molecule has 2 rings (SSSR count). The van der Waals surface area contributed by atoms with Crippen LogP contribution in [0, 0.1) is 0 Å². The molecule has 5 nitrogen and oxygen atoms in total. The number of nitrogens with one attached hydrogen (secondary N) is 3. The molecule has 0 bridgehead atoms. The first kappa shape index (κ1) is 9.21. The molecule has 1 aromatic heterocycles. The minimum atomic E-state index is -0.00639. The van der Waals surface area contributed by atoms with E-state index in [2.05, 4.69) is 20.6 Å². The van der Waals surface area contributed by atoms with Gasteiger partial charge in [0.05, 0.1) is 0 Å². The number of H-pyrrole nitrogens is 1. The summed E-state index contributed by atoms with van der Waals surface area (Å²) in [5, 5.41) is 5.95. The zero-order chi connectivity index (χ0) is 9.80. The van der Waals surface area contributed by atoms with Gasteiger partial charge in [-0.2, -0.15) is 0 Å². The fourth-order valence-corrected chi connectivity index (χ4v) is 1.21. The van der Waals surface area contributed by atoms with Crippen LogP contribution >= 0.6 is 0 Å². The van der Waals surface area contributed by atoms with E-state index in [1.807, 2.05) is 0 Å². The van der Waals surface area contributed by atoms with Gasteiger partial charge in [0.1, 0.15) is 0 Å². The van der Waals surface area contributed by atoms with E-state index in [1.165, 1.54) is 12.8 Å². The van der Waals surface area contributed by atoms with Gasteiger partial charge in [-0.25, -0.2) is 4.98 Å². The number of imidazole rings is 1. The van der Waals surface area contributed by atoms with E-state index >= 15 is 0 Å². The van der Waals surface area contributed by atoms with E-state index in [-0.39, 0.29) is 5.91 Å². The molecule has 5 heteroatoms. The largest absolute Gasteiger partial charge is 0.331 e. The van der Waals surface area contributed by atoms with Crippen LogP contribution in [0.2, 0.25) is 0 Å². The summed E-state index contributed by atoms with van der Waals surface area (Å²) < 4.78 is 0. The maximum Gasteiger partial charge on any atom is 0.227 e. The van der Waals surface area contributed by atoms with Gasteiger partial charge in [-0.3, -0.25) is 10.1 Å². The number of amides is 1. The molecule has 1 aliphatic rings. The maximum atomic E-state index is 11.3. The van der Waals surface area contributed by atoms with Gasteiger partial charge in [0, 0.05) is 31.4 Å². The van der Waals surface area contributed by atoms with Crippen molar-refractivity contribution >= 4 is 11.9 Å². The first-order valence-electron chi connectivity index (χ1n) is 4.87. The molecule has 14 heavy (non-hydrogen) atoms. The second-order valence-electron chi connectivity index (χ2n) is 3.46. The summed E-state index contributed by atoms with van der Waals surface area (Å²) in [5.41, 5.74) is 0. The number of hydrogen-bond donors (Lipinski definition) is 3. The van der Waals surface area contributed by atoms with Crippen LogP contribution in [-0.2, 0) is 4.79 Å². The Morgan fingerprint density at radius 2 is 2.50 bits per heavy atom. The second kappa shape index (κ2) is 4.23. The smallest absolute Gasteiger partial charge is 0.227 e. The zero-order valence-corrected chi connectivity index (χ0v) is 7.92. The third kappa shape index (κ3) is 2.85. The molecule has 1 amide bonds. The lowest BCUT2D eigenvalue weighted by atomic mass is 10.4. The Morgan fingerprint density at radius 1 is 1.64 bits per heavy atom. The number of anilines is 1. The van der Waals surface area contributed by atoms with Crippen molar-refractivity contribution in [2.75, 3.05) is 11.9 Å². The highest BCUT2D eigenvalue weighted by atomic mass is 16.1. The molecular weight excluding hydrogens is 180 g/mol. The van der Waals surface area contributed by atoms with Gasteiger partial charge in [0.25, 0.3) is 0 Å². The topological polar surface area (TPSA) is 69.8 Å². The average Bonchev–Trinajstić information content (AvgIpc) is 2.83. The molecule has 0 saturated heterocycles. The van der Waals surface area contributed by atoms with Gasteiger partial charge in [-0.15, -0.1) is 0 Å². The lowest BCUT2D eigenvalue weighted by Crippen LogP contribution is -2.23. The number of carbonyl (C=O) groups is 1. The van der Waals surface area contributed by atoms with Crippen LogP contribution in [0.25, 0.3) is 0 Å². The van der Waals surface area contributed by atoms with Crippen LogP contribution in [0.4, 0.5) is 5.95 Å². The van der Waals surface area contributed by atoms with Crippen molar-refractivity contribution in [3.63, 3.8) is 0 Å². The predicted octanol–water partition coefficient (Wildman–Crippen LogP) is 0.490. The molecule has 0 unspecified atom stereocenters. The zero-order valence-electron chi connectivity index (χ0n) is 7.92. The molecule has 1 aliphatic carbocycles. The average molecular weight is 194 g/mol. The molecule has 0 atom stereocenters. The summed E-state index contributed by atoms with van der Waals surface area (Å²) in [6.45, 7) is 0.747. The van der Waals surface area contributed by atoms with Crippen LogP contribution in [0.5, 0.6) is 0 Å². The van der Waals surface area contributed by atoms with Gasteiger partial charge in [-0.1, -0.05) is 0 Å². The molecule has 0 aromatic carbocycles. The third-order valence-electron chi connectivity index (χ3n) is 2.12. The summed E-state index contributed by atoms with van der Waals surface area (Å²) in [6.07, 6.45) is 6.28. The minimum Gasteiger partial charge on any atom is -0.331 e. The summed E-state index contributed by atoms with van der Waals surface area (Å²) in [4.78, 5) is 18.0. The van der Waals surface area contributed by atoms with Crippen LogP contribution in [-0.4, -0.2) is 28.5 Å². The van der Waals surface area contributed by atoms with E-state index in [4.69, 9.17) is 0 Å². The van der Waals surface area contributed by atoms with Crippen LogP contribution < -0.4 is 10.6 Å². The van der Waals surface area contributed by atoms with Crippen molar-refractivity contribution in [1.29, 1.82) is 0 Å². The molecular formula is C9H14N4O. The van der Waals surface area contributed by atoms with Crippen LogP contribution in [0.3, 0.4) is 0 Å². The van der Waals surface area contributed by atoms with Gasteiger partial charge >= 0.3 is 0 Å². The highest BCUT2D eigenvalue weighted by Gasteiger charge is 2.20. The standard InChI is InChI=1S/C9H14N4O/c14-8(3-4-10-7-1-2-7)13-9-11-5-6-12-9/h5-7,10H,1-4H2,(H2,11,12,13,14). The second-order valence-corrected chi connectivity index (χ2v) is 3.46. The third-order valence-corrected chi connectivity index (χ3v) is 2.12. The number of aromatic nitrogens is 2. The maximum absolute atomic E-state index is 11.3. The SMILES string of the molecule is O=C(CCNC1CC1)Nc1ncc[nH]1. The molecule has 0 radical (unpaired) electrons. The summed E-state index contributed by atoms with van der Waals surface area (Å²) in [6, 6.07) is 0.659. The Labute approximate surface area is 82.3 Å². The molecule has 76 valence electrons. The Balaban J connectivity index is 1.62. The van der Waals surface area contributed by atoms with Crippen molar-refractivity contribution in [2.45, 2.75) is 25.3 Å². The van der Waals surface area contributed by atoms with Crippen LogP contribution in [0.1, 0.15) is 19.3 Å². The van der Waals surface area contributed by atoms with Gasteiger partial charge in [0.2, 0.25) is 11.9 Å². The first-order chi connectivity index (χ1) is 6.84. The predicted molar refractivity (Wildman–Crippen MR) is 52.9 cm³/mol. The van der Waals surface area contributed by atoms with E-state index in [1.54, 1.807) is 12.4 Å². The molecule has 1 saturated carbocycles. The van der Waals surface area contributed by atoms with Gasteiger partial charge < -0.3 is 10.3 Å². The van der Waals surface area contributed by atoms with Crippen molar-refractivity contribution in [3.05, 3.63) is 12.4 Å². The molecule has 0 aliphatic heterocycles. The molecule has 1 aromatic rings. The number of rotatable bonds is 5. The summed E-state index contributed by atoms with van der Waals surface area (Å²) in [7, 11) is 0. The van der Waals surface area contributed by atoms with E-state index in [9.17, 15) is 4.79 Å². The lowest BCUT2D eigenvalue weighted by molar-refractivity contribution is -0.116. The van der Waals surface area contributed by atoms with E-state index < -0.39 is 0 Å². The highest BCUT2D eigenvalue weighted by molar-refractivity contribution is 5.88. The normalized spacial score (nSPS) is 15.4. The summed E-state index contributed by atoms with van der Waals surface area (Å²) in [5.74, 6) is 0.509. The Kier molecular flexibility index (Phi) is 2.78. The molecule has 0 spiro atoms. The Morgan fingerprint density at radius 3 is 3.14 bits per heavy atom. The van der Waals surface area contributed by atoms with Crippen molar-refractivity contribution in [3.8, 4) is 0 Å². The first-order valence-corrected chi connectivity index (χ1v) is 4.87. The van der Waals surface area contributed by atoms with Crippen molar-refractivity contribution < 1.29 is 4.79 Å². The van der Waals surface area contributed by atoms with E-state index in [0.29, 0.717) is 18.4 Å². The fraction of sp³-hybridized carbons (Fsp3) is 0.556. The monoisotopic (exact) mass is 194 g/mol. The van der Waals surface area contributed by atoms with Crippen molar-refractivity contribution in [1.82, 2.24) is 15.3 Å². The quantitative estimate of drug-likeness (QED) is 0.639. The molecule has 1 fully saturated rings. The van der Waals surface area contributed by atoms with E-state index in [0.717, 1.165) is 6.54 Å². The molecule has 1 heterocycles. The number of hydrogen-bond acceptors (Lipinski definition) is 3. The molecule has 3 N–H and O–H groups in total.